The fraction of sp³-hybridized carbons (Fsp3) is 0.588. The molecule has 0 spiro atoms. The molecule has 5 nitrogen and oxygen atoms in total. The maximum Gasteiger partial charge on any atom is 0.260 e. The van der Waals surface area contributed by atoms with Gasteiger partial charge in [-0.1, -0.05) is 6.92 Å². The quantitative estimate of drug-likeness (QED) is 0.806. The molecule has 0 radical (unpaired) electrons. The normalized spacial score (nSPS) is 17.1. The fourth-order valence-electron chi connectivity index (χ4n) is 2.58. The zero-order valence-electron chi connectivity index (χ0n) is 13.7. The van der Waals surface area contributed by atoms with Gasteiger partial charge in [0.25, 0.3) is 5.91 Å². The topological polar surface area (TPSA) is 42.0 Å². The number of carbonyl (C=O) groups is 1. The summed E-state index contributed by atoms with van der Waals surface area (Å²) in [6, 6.07) is 7.86. The summed E-state index contributed by atoms with van der Waals surface area (Å²) in [7, 11) is 1.62. The van der Waals surface area contributed by atoms with Gasteiger partial charge in [-0.2, -0.15) is 0 Å². The molecule has 1 aromatic rings. The van der Waals surface area contributed by atoms with Crippen LogP contribution in [0.2, 0.25) is 0 Å². The second-order valence-corrected chi connectivity index (χ2v) is 5.64. The largest absolute Gasteiger partial charge is 0.497 e. The standard InChI is InChI=1S/C17H26N2O3/c1-4-14(2)18-9-11-19(12-10-18)17(20)13-22-16-7-5-15(21-3)6-8-16/h5-8,14H,4,9-13H2,1-3H3. The predicted octanol–water partition coefficient (Wildman–Crippen LogP) is 2.02. The summed E-state index contributed by atoms with van der Waals surface area (Å²) in [5.41, 5.74) is 0. The predicted molar refractivity (Wildman–Crippen MR) is 86.4 cm³/mol. The average Bonchev–Trinajstić information content (AvgIpc) is 2.59. The number of hydrogen-bond donors (Lipinski definition) is 0. The molecule has 0 aliphatic carbocycles. The van der Waals surface area contributed by atoms with E-state index in [-0.39, 0.29) is 12.5 Å². The molecular formula is C17H26N2O3. The lowest BCUT2D eigenvalue weighted by atomic mass is 10.2. The highest BCUT2D eigenvalue weighted by Crippen LogP contribution is 2.17. The van der Waals surface area contributed by atoms with Crippen LogP contribution in [-0.2, 0) is 4.79 Å². The molecule has 1 heterocycles. The highest BCUT2D eigenvalue weighted by Gasteiger charge is 2.23. The molecule has 5 heteroatoms. The van der Waals surface area contributed by atoms with Gasteiger partial charge in [-0.15, -0.1) is 0 Å². The molecule has 122 valence electrons. The van der Waals surface area contributed by atoms with Crippen LogP contribution in [0.1, 0.15) is 20.3 Å². The molecule has 2 rings (SSSR count). The third kappa shape index (κ3) is 4.37. The minimum absolute atomic E-state index is 0.0552. The first kappa shape index (κ1) is 16.6. The van der Waals surface area contributed by atoms with Crippen LogP contribution in [-0.4, -0.2) is 61.6 Å². The Morgan fingerprint density at radius 1 is 1.14 bits per heavy atom. The van der Waals surface area contributed by atoms with Gasteiger partial charge < -0.3 is 14.4 Å². The maximum atomic E-state index is 12.2. The second-order valence-electron chi connectivity index (χ2n) is 5.64. The number of piperazine rings is 1. The van der Waals surface area contributed by atoms with Crippen molar-refractivity contribution in [1.82, 2.24) is 9.80 Å². The van der Waals surface area contributed by atoms with Crippen molar-refractivity contribution in [2.75, 3.05) is 39.9 Å². The molecule has 1 unspecified atom stereocenters. The van der Waals surface area contributed by atoms with Crippen LogP contribution < -0.4 is 9.47 Å². The molecule has 0 N–H and O–H groups in total. The zero-order chi connectivity index (χ0) is 15.9. The summed E-state index contributed by atoms with van der Waals surface area (Å²) in [5, 5.41) is 0. The van der Waals surface area contributed by atoms with Gasteiger partial charge in [-0.25, -0.2) is 0 Å². The number of benzene rings is 1. The molecule has 0 aromatic heterocycles. The summed E-state index contributed by atoms with van der Waals surface area (Å²) < 4.78 is 10.6. The van der Waals surface area contributed by atoms with Crippen LogP contribution in [0, 0.1) is 0 Å². The van der Waals surface area contributed by atoms with Crippen molar-refractivity contribution in [2.24, 2.45) is 0 Å². The molecule has 1 fully saturated rings. The third-order valence-corrected chi connectivity index (χ3v) is 4.30. The summed E-state index contributed by atoms with van der Waals surface area (Å²) in [6.07, 6.45) is 1.15. The van der Waals surface area contributed by atoms with E-state index in [2.05, 4.69) is 18.7 Å². The van der Waals surface area contributed by atoms with Crippen molar-refractivity contribution in [3.8, 4) is 11.5 Å². The number of methoxy groups -OCH3 is 1. The molecule has 1 saturated heterocycles. The van der Waals surface area contributed by atoms with E-state index in [4.69, 9.17) is 9.47 Å². The van der Waals surface area contributed by atoms with E-state index in [0.717, 1.165) is 38.3 Å². The van der Waals surface area contributed by atoms with Crippen LogP contribution >= 0.6 is 0 Å². The molecule has 1 aliphatic rings. The molecule has 1 atom stereocenters. The number of amides is 1. The first-order valence-electron chi connectivity index (χ1n) is 7.92. The zero-order valence-corrected chi connectivity index (χ0v) is 13.7. The lowest BCUT2D eigenvalue weighted by Crippen LogP contribution is -2.52. The number of ether oxygens (including phenoxy) is 2. The van der Waals surface area contributed by atoms with Crippen LogP contribution in [0.3, 0.4) is 0 Å². The molecular weight excluding hydrogens is 280 g/mol. The highest BCUT2D eigenvalue weighted by molar-refractivity contribution is 5.77. The third-order valence-electron chi connectivity index (χ3n) is 4.30. The van der Waals surface area contributed by atoms with Crippen LogP contribution in [0.15, 0.2) is 24.3 Å². The van der Waals surface area contributed by atoms with Crippen molar-refractivity contribution in [3.05, 3.63) is 24.3 Å². The Hall–Kier alpha value is -1.75. The van der Waals surface area contributed by atoms with E-state index >= 15 is 0 Å². The van der Waals surface area contributed by atoms with Crippen LogP contribution in [0.4, 0.5) is 0 Å². The highest BCUT2D eigenvalue weighted by atomic mass is 16.5. The van der Waals surface area contributed by atoms with E-state index < -0.39 is 0 Å². The number of carbonyl (C=O) groups excluding carboxylic acids is 1. The smallest absolute Gasteiger partial charge is 0.260 e. The number of nitrogens with zero attached hydrogens (tertiary/aromatic N) is 2. The van der Waals surface area contributed by atoms with Gasteiger partial charge in [-0.3, -0.25) is 9.69 Å². The fourth-order valence-corrected chi connectivity index (χ4v) is 2.58. The van der Waals surface area contributed by atoms with Gasteiger partial charge in [0.05, 0.1) is 7.11 Å². The minimum Gasteiger partial charge on any atom is -0.497 e. The summed E-state index contributed by atoms with van der Waals surface area (Å²) in [5.74, 6) is 1.52. The van der Waals surface area contributed by atoms with Crippen LogP contribution in [0.25, 0.3) is 0 Å². The molecule has 1 aliphatic heterocycles. The average molecular weight is 306 g/mol. The first-order chi connectivity index (χ1) is 10.6. The Morgan fingerprint density at radius 3 is 2.27 bits per heavy atom. The van der Waals surface area contributed by atoms with Crippen molar-refractivity contribution in [3.63, 3.8) is 0 Å². The van der Waals surface area contributed by atoms with E-state index in [1.54, 1.807) is 7.11 Å². The van der Waals surface area contributed by atoms with E-state index in [1.165, 1.54) is 0 Å². The summed E-state index contributed by atoms with van der Waals surface area (Å²) >= 11 is 0. The molecule has 1 amide bonds. The Kier molecular flexibility index (Phi) is 6.07. The van der Waals surface area contributed by atoms with E-state index in [9.17, 15) is 4.79 Å². The van der Waals surface area contributed by atoms with Crippen molar-refractivity contribution in [2.45, 2.75) is 26.3 Å². The van der Waals surface area contributed by atoms with Gasteiger partial charge in [-0.05, 0) is 37.6 Å². The second kappa shape index (κ2) is 8.03. The van der Waals surface area contributed by atoms with Crippen LogP contribution in [0.5, 0.6) is 11.5 Å². The minimum atomic E-state index is 0.0552. The lowest BCUT2D eigenvalue weighted by molar-refractivity contribution is -0.135. The monoisotopic (exact) mass is 306 g/mol. The SMILES string of the molecule is CCC(C)N1CCN(C(=O)COc2ccc(OC)cc2)CC1. The summed E-state index contributed by atoms with van der Waals surface area (Å²) in [4.78, 5) is 16.5. The number of rotatable bonds is 6. The Balaban J connectivity index is 1.76. The number of hydrogen-bond acceptors (Lipinski definition) is 4. The van der Waals surface area contributed by atoms with Crippen molar-refractivity contribution >= 4 is 5.91 Å². The van der Waals surface area contributed by atoms with Gasteiger partial charge in [0.2, 0.25) is 0 Å². The van der Waals surface area contributed by atoms with Crippen molar-refractivity contribution in [1.29, 1.82) is 0 Å². The Morgan fingerprint density at radius 2 is 1.73 bits per heavy atom. The maximum absolute atomic E-state index is 12.2. The molecule has 1 aromatic carbocycles. The molecule has 0 saturated carbocycles. The van der Waals surface area contributed by atoms with Gasteiger partial charge in [0.15, 0.2) is 6.61 Å². The van der Waals surface area contributed by atoms with E-state index in [1.807, 2.05) is 29.2 Å². The molecule has 22 heavy (non-hydrogen) atoms. The van der Waals surface area contributed by atoms with E-state index in [0.29, 0.717) is 11.8 Å². The van der Waals surface area contributed by atoms with Gasteiger partial charge >= 0.3 is 0 Å². The van der Waals surface area contributed by atoms with Gasteiger partial charge in [0, 0.05) is 32.2 Å². The Bertz CT molecular complexity index is 467. The van der Waals surface area contributed by atoms with Gasteiger partial charge in [0.1, 0.15) is 11.5 Å². The lowest BCUT2D eigenvalue weighted by Gasteiger charge is -2.37. The Labute approximate surface area is 132 Å². The summed E-state index contributed by atoms with van der Waals surface area (Å²) in [6.45, 7) is 8.00. The first-order valence-corrected chi connectivity index (χ1v) is 7.92. The van der Waals surface area contributed by atoms with Crippen molar-refractivity contribution < 1.29 is 14.3 Å². The molecule has 0 bridgehead atoms.